The smallest absolute Gasteiger partial charge is 0.269 e. The molecule has 0 aliphatic rings. The van der Waals surface area contributed by atoms with Crippen LogP contribution in [-0.2, 0) is 18.9 Å². The summed E-state index contributed by atoms with van der Waals surface area (Å²) in [5, 5.41) is 10.5. The molecule has 1 aromatic rings. The molecule has 0 unspecified atom stereocenters. The maximum Gasteiger partial charge on any atom is 0.269 e. The number of non-ortho nitro benzene ring substituents is 1. The third-order valence-electron chi connectivity index (χ3n) is 3.30. The van der Waals surface area contributed by atoms with Gasteiger partial charge in [-0.2, -0.15) is 0 Å². The number of benzene rings is 1. The molecule has 8 nitrogen and oxygen atoms in total. The van der Waals surface area contributed by atoms with Crippen molar-refractivity contribution >= 4 is 5.69 Å². The number of nitrogens with zero attached hydrogens (tertiary/aromatic N) is 1. The van der Waals surface area contributed by atoms with Crippen molar-refractivity contribution in [1.29, 1.82) is 0 Å². The Morgan fingerprint density at radius 2 is 1.23 bits per heavy atom. The number of nitro groups is 1. The molecule has 8 heteroatoms. The molecule has 0 radical (unpaired) electrons. The zero-order valence-electron chi connectivity index (χ0n) is 15.4. The predicted octanol–water partition coefficient (Wildman–Crippen LogP) is 2.84. The van der Waals surface area contributed by atoms with E-state index in [1.807, 2.05) is 0 Å². The lowest BCUT2D eigenvalue weighted by Crippen LogP contribution is -2.13. The van der Waals surface area contributed by atoms with E-state index >= 15 is 0 Å². The Kier molecular flexibility index (Phi) is 13.3. The average Bonchev–Trinajstić information content (AvgIpc) is 2.65. The average molecular weight is 371 g/mol. The van der Waals surface area contributed by atoms with Crippen LogP contribution in [0.3, 0.4) is 0 Å². The monoisotopic (exact) mass is 371 g/mol. The van der Waals surface area contributed by atoms with E-state index in [0.717, 1.165) is 19.4 Å². The molecule has 0 N–H and O–H groups in total. The van der Waals surface area contributed by atoms with E-state index in [1.54, 1.807) is 12.1 Å². The van der Waals surface area contributed by atoms with Gasteiger partial charge in [-0.05, 0) is 18.6 Å². The van der Waals surface area contributed by atoms with Gasteiger partial charge in [-0.25, -0.2) is 0 Å². The van der Waals surface area contributed by atoms with Crippen LogP contribution in [0, 0.1) is 10.1 Å². The minimum atomic E-state index is -0.445. The first kappa shape index (κ1) is 22.3. The molecule has 0 spiro atoms. The van der Waals surface area contributed by atoms with Gasteiger partial charge in [0.25, 0.3) is 5.69 Å². The first-order chi connectivity index (χ1) is 12.7. The lowest BCUT2D eigenvalue weighted by atomic mass is 10.3. The van der Waals surface area contributed by atoms with Gasteiger partial charge in [0.15, 0.2) is 0 Å². The van der Waals surface area contributed by atoms with Crippen LogP contribution in [0.1, 0.15) is 19.8 Å². The van der Waals surface area contributed by atoms with E-state index in [4.69, 9.17) is 23.7 Å². The molecule has 0 fully saturated rings. The predicted molar refractivity (Wildman–Crippen MR) is 96.8 cm³/mol. The molecule has 148 valence electrons. The molecular formula is C18H29NO7. The van der Waals surface area contributed by atoms with Gasteiger partial charge in [0.2, 0.25) is 0 Å². The fourth-order valence-corrected chi connectivity index (χ4v) is 1.89. The molecule has 0 bridgehead atoms. The molecule has 0 saturated carbocycles. The van der Waals surface area contributed by atoms with E-state index < -0.39 is 4.92 Å². The minimum absolute atomic E-state index is 0.0405. The molecule has 26 heavy (non-hydrogen) atoms. The van der Waals surface area contributed by atoms with E-state index in [-0.39, 0.29) is 5.69 Å². The van der Waals surface area contributed by atoms with Crippen molar-refractivity contribution in [2.24, 2.45) is 0 Å². The zero-order chi connectivity index (χ0) is 18.9. The summed E-state index contributed by atoms with van der Waals surface area (Å²) in [7, 11) is 0. The SMILES string of the molecule is CCCCOCCOCCOCCOCCOc1ccc([N+](=O)[O-])cc1. The number of ether oxygens (including phenoxy) is 5. The molecule has 0 aliphatic carbocycles. The fourth-order valence-electron chi connectivity index (χ4n) is 1.89. The normalized spacial score (nSPS) is 10.8. The molecule has 0 aliphatic heterocycles. The first-order valence-corrected chi connectivity index (χ1v) is 8.92. The molecule has 0 saturated heterocycles. The van der Waals surface area contributed by atoms with Crippen molar-refractivity contribution in [2.75, 3.05) is 59.5 Å². The summed E-state index contributed by atoms with van der Waals surface area (Å²) in [5.41, 5.74) is 0.0405. The van der Waals surface area contributed by atoms with Crippen molar-refractivity contribution in [2.45, 2.75) is 19.8 Å². The van der Waals surface area contributed by atoms with Crippen molar-refractivity contribution in [1.82, 2.24) is 0 Å². The Hall–Kier alpha value is -1.74. The summed E-state index contributed by atoms with van der Waals surface area (Å²) < 4.78 is 26.9. The summed E-state index contributed by atoms with van der Waals surface area (Å²) in [6, 6.07) is 5.94. The maximum atomic E-state index is 10.5. The first-order valence-electron chi connectivity index (χ1n) is 8.92. The Balaban J connectivity index is 1.83. The molecule has 0 aromatic heterocycles. The number of rotatable bonds is 17. The lowest BCUT2D eigenvalue weighted by molar-refractivity contribution is -0.384. The van der Waals surface area contributed by atoms with E-state index in [2.05, 4.69) is 6.92 Å². The summed E-state index contributed by atoms with van der Waals surface area (Å²) in [5.74, 6) is 0.575. The number of hydrogen-bond donors (Lipinski definition) is 0. The van der Waals surface area contributed by atoms with Gasteiger partial charge in [-0.3, -0.25) is 10.1 Å². The van der Waals surface area contributed by atoms with Crippen LogP contribution in [0.5, 0.6) is 5.75 Å². The lowest BCUT2D eigenvalue weighted by Gasteiger charge is -2.08. The van der Waals surface area contributed by atoms with Crippen molar-refractivity contribution in [3.8, 4) is 5.75 Å². The summed E-state index contributed by atoms with van der Waals surface area (Å²) in [6.07, 6.45) is 2.22. The van der Waals surface area contributed by atoms with Gasteiger partial charge < -0.3 is 23.7 Å². The minimum Gasteiger partial charge on any atom is -0.491 e. The third-order valence-corrected chi connectivity index (χ3v) is 3.30. The van der Waals surface area contributed by atoms with Crippen LogP contribution >= 0.6 is 0 Å². The highest BCUT2D eigenvalue weighted by Gasteiger charge is 2.04. The number of hydrogen-bond acceptors (Lipinski definition) is 7. The number of unbranched alkanes of at least 4 members (excludes halogenated alkanes) is 1. The summed E-state index contributed by atoms with van der Waals surface area (Å²) in [6.45, 7) is 6.97. The quantitative estimate of drug-likeness (QED) is 0.236. The van der Waals surface area contributed by atoms with Gasteiger partial charge in [-0.1, -0.05) is 13.3 Å². The highest BCUT2D eigenvalue weighted by molar-refractivity contribution is 5.35. The van der Waals surface area contributed by atoms with Crippen molar-refractivity contribution in [3.63, 3.8) is 0 Å². The molecule has 0 atom stereocenters. The molecule has 0 amide bonds. The molecular weight excluding hydrogens is 342 g/mol. The van der Waals surface area contributed by atoms with Crippen LogP contribution in [0.2, 0.25) is 0 Å². The van der Waals surface area contributed by atoms with Crippen LogP contribution in [-0.4, -0.2) is 64.4 Å². The largest absolute Gasteiger partial charge is 0.491 e. The molecule has 1 aromatic carbocycles. The van der Waals surface area contributed by atoms with Crippen LogP contribution in [0.25, 0.3) is 0 Å². The third kappa shape index (κ3) is 11.8. The van der Waals surface area contributed by atoms with Gasteiger partial charge in [0.05, 0.1) is 51.2 Å². The fraction of sp³-hybridized carbons (Fsp3) is 0.667. The van der Waals surface area contributed by atoms with E-state index in [9.17, 15) is 10.1 Å². The molecule has 1 rings (SSSR count). The van der Waals surface area contributed by atoms with Gasteiger partial charge >= 0.3 is 0 Å². The standard InChI is InChI=1S/C18H29NO7/c1-2-3-8-22-9-10-23-11-12-24-13-14-25-15-16-26-18-6-4-17(5-7-18)19(20)21/h4-7H,2-3,8-16H2,1H3. The summed E-state index contributed by atoms with van der Waals surface area (Å²) in [4.78, 5) is 10.1. The van der Waals surface area contributed by atoms with Crippen LogP contribution in [0.4, 0.5) is 5.69 Å². The van der Waals surface area contributed by atoms with Gasteiger partial charge in [0, 0.05) is 18.7 Å². The Morgan fingerprint density at radius 1 is 0.769 bits per heavy atom. The molecule has 0 heterocycles. The second-order valence-corrected chi connectivity index (χ2v) is 5.40. The van der Waals surface area contributed by atoms with Crippen LogP contribution < -0.4 is 4.74 Å². The second-order valence-electron chi connectivity index (χ2n) is 5.40. The number of nitro benzene ring substituents is 1. The topological polar surface area (TPSA) is 89.3 Å². The summed E-state index contributed by atoms with van der Waals surface area (Å²) >= 11 is 0. The van der Waals surface area contributed by atoms with Crippen molar-refractivity contribution < 1.29 is 28.6 Å². The Labute approximate surface area is 154 Å². The Bertz CT molecular complexity index is 467. The van der Waals surface area contributed by atoms with E-state index in [1.165, 1.54) is 12.1 Å². The van der Waals surface area contributed by atoms with Crippen molar-refractivity contribution in [3.05, 3.63) is 34.4 Å². The highest BCUT2D eigenvalue weighted by atomic mass is 16.6. The van der Waals surface area contributed by atoms with Gasteiger partial charge in [-0.15, -0.1) is 0 Å². The highest BCUT2D eigenvalue weighted by Crippen LogP contribution is 2.16. The second kappa shape index (κ2) is 15.5. The van der Waals surface area contributed by atoms with Gasteiger partial charge in [0.1, 0.15) is 12.4 Å². The Morgan fingerprint density at radius 3 is 1.69 bits per heavy atom. The van der Waals surface area contributed by atoms with E-state index in [0.29, 0.717) is 58.6 Å². The van der Waals surface area contributed by atoms with Crippen LogP contribution in [0.15, 0.2) is 24.3 Å². The zero-order valence-corrected chi connectivity index (χ0v) is 15.4. The maximum absolute atomic E-state index is 10.5.